The molecule has 1 heterocycles. The van der Waals surface area contributed by atoms with Crippen molar-refractivity contribution in [2.24, 2.45) is 5.92 Å². The van der Waals surface area contributed by atoms with Crippen molar-refractivity contribution in [1.29, 1.82) is 0 Å². The quantitative estimate of drug-likeness (QED) is 0.636. The zero-order valence-electron chi connectivity index (χ0n) is 16.1. The van der Waals surface area contributed by atoms with Gasteiger partial charge in [-0.05, 0) is 37.0 Å². The molecule has 1 aliphatic heterocycles. The molecule has 3 rings (SSSR count). The van der Waals surface area contributed by atoms with Crippen molar-refractivity contribution >= 4 is 23.2 Å². The molecule has 7 nitrogen and oxygen atoms in total. The summed E-state index contributed by atoms with van der Waals surface area (Å²) in [7, 11) is 0. The van der Waals surface area contributed by atoms with Crippen molar-refractivity contribution in [3.63, 3.8) is 0 Å². The Bertz CT molecular complexity index is 922. The highest BCUT2D eigenvalue weighted by molar-refractivity contribution is 6.03. The first kappa shape index (κ1) is 19.5. The molecule has 0 aliphatic carbocycles. The second kappa shape index (κ2) is 7.80. The number of hydrogen-bond acceptors (Lipinski definition) is 4. The van der Waals surface area contributed by atoms with Crippen molar-refractivity contribution in [2.75, 3.05) is 11.4 Å². The molecule has 28 heavy (non-hydrogen) atoms. The van der Waals surface area contributed by atoms with Crippen LogP contribution in [0.15, 0.2) is 42.5 Å². The molecular formula is C21H23N3O4. The Balaban J connectivity index is 1.83. The molecule has 1 N–H and O–H groups in total. The fourth-order valence-corrected chi connectivity index (χ4v) is 3.32. The topological polar surface area (TPSA) is 92.6 Å². The molecule has 0 unspecified atom stereocenters. The summed E-state index contributed by atoms with van der Waals surface area (Å²) < 4.78 is 0. The average molecular weight is 381 g/mol. The molecule has 0 saturated carbocycles. The Morgan fingerprint density at radius 1 is 1.14 bits per heavy atom. The number of fused-ring (bicyclic) bond motifs is 1. The zero-order chi connectivity index (χ0) is 20.4. The van der Waals surface area contributed by atoms with E-state index in [0.717, 1.165) is 11.1 Å². The lowest BCUT2D eigenvalue weighted by Crippen LogP contribution is -2.51. The van der Waals surface area contributed by atoms with Crippen molar-refractivity contribution in [2.45, 2.75) is 33.2 Å². The van der Waals surface area contributed by atoms with E-state index < -0.39 is 11.0 Å². The van der Waals surface area contributed by atoms with E-state index in [1.54, 1.807) is 23.1 Å². The highest BCUT2D eigenvalue weighted by Crippen LogP contribution is 2.32. The van der Waals surface area contributed by atoms with Gasteiger partial charge in [-0.25, -0.2) is 0 Å². The van der Waals surface area contributed by atoms with Crippen LogP contribution in [0.25, 0.3) is 0 Å². The SMILES string of the molecule is Cc1ccc(C(=O)N[C@@H](C(=O)N2CCc3ccc([N+](=O)[O-])cc32)C(C)C)cc1. The van der Waals surface area contributed by atoms with Gasteiger partial charge in [-0.2, -0.15) is 0 Å². The molecule has 2 aromatic carbocycles. The van der Waals surface area contributed by atoms with Crippen LogP contribution in [0, 0.1) is 23.0 Å². The van der Waals surface area contributed by atoms with E-state index in [-0.39, 0.29) is 23.4 Å². The third-order valence-electron chi connectivity index (χ3n) is 4.97. The highest BCUT2D eigenvalue weighted by Gasteiger charge is 2.34. The first-order valence-corrected chi connectivity index (χ1v) is 9.24. The predicted octanol–water partition coefficient (Wildman–Crippen LogP) is 3.25. The average Bonchev–Trinajstić information content (AvgIpc) is 3.08. The molecular weight excluding hydrogens is 358 g/mol. The van der Waals surface area contributed by atoms with E-state index in [9.17, 15) is 19.7 Å². The lowest BCUT2D eigenvalue weighted by molar-refractivity contribution is -0.384. The standard InChI is InChI=1S/C21H23N3O4/c1-13(2)19(22-20(25)16-6-4-14(3)5-7-16)21(26)23-11-10-15-8-9-17(24(27)28)12-18(15)23/h4-9,12-13,19H,10-11H2,1-3H3,(H,22,25)/t19-/m1/s1. The molecule has 2 amide bonds. The van der Waals surface area contributed by atoms with Crippen LogP contribution < -0.4 is 10.2 Å². The van der Waals surface area contributed by atoms with Gasteiger partial charge in [0.25, 0.3) is 11.6 Å². The number of hydrogen-bond donors (Lipinski definition) is 1. The molecule has 1 atom stereocenters. The first-order chi connectivity index (χ1) is 13.3. The molecule has 2 aromatic rings. The number of aryl methyl sites for hydroxylation is 1. The van der Waals surface area contributed by atoms with Crippen molar-refractivity contribution < 1.29 is 14.5 Å². The maximum Gasteiger partial charge on any atom is 0.271 e. The maximum atomic E-state index is 13.2. The third-order valence-corrected chi connectivity index (χ3v) is 4.97. The van der Waals surface area contributed by atoms with E-state index >= 15 is 0 Å². The summed E-state index contributed by atoms with van der Waals surface area (Å²) in [6, 6.07) is 11.0. The van der Waals surface area contributed by atoms with Gasteiger partial charge in [0.2, 0.25) is 5.91 Å². The van der Waals surface area contributed by atoms with Crippen molar-refractivity contribution in [3.05, 3.63) is 69.3 Å². The van der Waals surface area contributed by atoms with Gasteiger partial charge in [0.15, 0.2) is 0 Å². The number of nitrogens with one attached hydrogen (secondary N) is 1. The van der Waals surface area contributed by atoms with E-state index in [0.29, 0.717) is 24.2 Å². The van der Waals surface area contributed by atoms with Crippen LogP contribution >= 0.6 is 0 Å². The third kappa shape index (κ3) is 3.88. The van der Waals surface area contributed by atoms with Gasteiger partial charge in [-0.1, -0.05) is 37.6 Å². The van der Waals surface area contributed by atoms with Gasteiger partial charge < -0.3 is 10.2 Å². The summed E-state index contributed by atoms with van der Waals surface area (Å²) in [5, 5.41) is 13.9. The Morgan fingerprint density at radius 2 is 1.82 bits per heavy atom. The number of non-ortho nitro benzene ring substituents is 1. The largest absolute Gasteiger partial charge is 0.340 e. The number of amides is 2. The van der Waals surface area contributed by atoms with Crippen molar-refractivity contribution in [1.82, 2.24) is 5.32 Å². The number of nitro benzene ring substituents is 1. The molecule has 0 bridgehead atoms. The zero-order valence-corrected chi connectivity index (χ0v) is 16.1. The Labute approximate surface area is 163 Å². The van der Waals surface area contributed by atoms with Gasteiger partial charge in [0, 0.05) is 24.2 Å². The first-order valence-electron chi connectivity index (χ1n) is 9.24. The smallest absolute Gasteiger partial charge is 0.271 e. The van der Waals surface area contributed by atoms with E-state index in [4.69, 9.17) is 0 Å². The van der Waals surface area contributed by atoms with E-state index in [1.165, 1.54) is 12.1 Å². The summed E-state index contributed by atoms with van der Waals surface area (Å²) in [4.78, 5) is 38.0. The van der Waals surface area contributed by atoms with Crippen LogP contribution in [0.5, 0.6) is 0 Å². The second-order valence-electron chi connectivity index (χ2n) is 7.37. The Morgan fingerprint density at radius 3 is 2.43 bits per heavy atom. The molecule has 0 radical (unpaired) electrons. The van der Waals surface area contributed by atoms with Gasteiger partial charge in [0.1, 0.15) is 6.04 Å². The lowest BCUT2D eigenvalue weighted by Gasteiger charge is -2.27. The number of nitrogens with zero attached hydrogens (tertiary/aromatic N) is 2. The number of nitro groups is 1. The van der Waals surface area contributed by atoms with E-state index in [1.807, 2.05) is 32.9 Å². The van der Waals surface area contributed by atoms with Gasteiger partial charge >= 0.3 is 0 Å². The highest BCUT2D eigenvalue weighted by atomic mass is 16.6. The normalized spacial score (nSPS) is 13.9. The molecule has 146 valence electrons. The van der Waals surface area contributed by atoms with Crippen LogP contribution in [0.3, 0.4) is 0 Å². The summed E-state index contributed by atoms with van der Waals surface area (Å²) in [5.74, 6) is -0.704. The molecule has 0 spiro atoms. The molecule has 7 heteroatoms. The predicted molar refractivity (Wildman–Crippen MR) is 106 cm³/mol. The fourth-order valence-electron chi connectivity index (χ4n) is 3.32. The van der Waals surface area contributed by atoms with Crippen LogP contribution in [0.4, 0.5) is 11.4 Å². The summed E-state index contributed by atoms with van der Waals surface area (Å²) in [5.41, 5.74) is 2.92. The van der Waals surface area contributed by atoms with Crippen LogP contribution in [0.2, 0.25) is 0 Å². The monoisotopic (exact) mass is 381 g/mol. The van der Waals surface area contributed by atoms with E-state index in [2.05, 4.69) is 5.32 Å². The van der Waals surface area contributed by atoms with Crippen molar-refractivity contribution in [3.8, 4) is 0 Å². The summed E-state index contributed by atoms with van der Waals surface area (Å²) in [6.45, 7) is 6.11. The molecule has 0 fully saturated rings. The van der Waals surface area contributed by atoms with Crippen LogP contribution in [-0.4, -0.2) is 29.3 Å². The molecule has 1 aliphatic rings. The van der Waals surface area contributed by atoms with Crippen LogP contribution in [-0.2, 0) is 11.2 Å². The summed E-state index contributed by atoms with van der Waals surface area (Å²) in [6.07, 6.45) is 0.635. The van der Waals surface area contributed by atoms with Gasteiger partial charge in [-0.3, -0.25) is 19.7 Å². The Hall–Kier alpha value is -3.22. The molecule has 0 saturated heterocycles. The minimum absolute atomic E-state index is 0.0526. The number of anilines is 1. The fraction of sp³-hybridized carbons (Fsp3) is 0.333. The molecule has 0 aromatic heterocycles. The number of carbonyl (C=O) groups excluding carboxylic acids is 2. The minimum Gasteiger partial charge on any atom is -0.340 e. The Kier molecular flexibility index (Phi) is 5.44. The maximum absolute atomic E-state index is 13.2. The second-order valence-corrected chi connectivity index (χ2v) is 7.37. The number of benzene rings is 2. The number of carbonyl (C=O) groups is 2. The number of rotatable bonds is 5. The minimum atomic E-state index is -0.723. The van der Waals surface area contributed by atoms with Gasteiger partial charge in [0.05, 0.1) is 10.6 Å². The van der Waals surface area contributed by atoms with Gasteiger partial charge in [-0.15, -0.1) is 0 Å². The lowest BCUT2D eigenvalue weighted by atomic mass is 10.0. The summed E-state index contributed by atoms with van der Waals surface area (Å²) >= 11 is 0. The van der Waals surface area contributed by atoms with Crippen LogP contribution in [0.1, 0.15) is 35.3 Å².